The molecule has 1 atom stereocenters. The Morgan fingerprint density at radius 2 is 2.21 bits per heavy atom. The second kappa shape index (κ2) is 6.76. The Bertz CT molecular complexity index is 781. The van der Waals surface area contributed by atoms with E-state index >= 15 is 0 Å². The molecule has 2 aromatic rings. The average molecular weight is 329 g/mol. The number of carboxylic acids is 1. The molecule has 2 N–H and O–H groups in total. The molecule has 1 aromatic carbocycles. The Morgan fingerprint density at radius 1 is 1.38 bits per heavy atom. The lowest BCUT2D eigenvalue weighted by molar-refractivity contribution is -0.129. The molecule has 7 heteroatoms. The maximum absolute atomic E-state index is 13.5. The number of halogens is 1. The molecule has 1 saturated heterocycles. The highest BCUT2D eigenvalue weighted by Gasteiger charge is 2.32. The van der Waals surface area contributed by atoms with Crippen molar-refractivity contribution < 1.29 is 19.1 Å². The fraction of sp³-hybridized carbons (Fsp3) is 0.235. The standard InChI is InChI=1S/C17H16FN3O3/c18-12-4-1-3-11(9-12)15-16(22)20-7-8-21(15)10-14-13(17(23)24)5-2-6-19-14/h1-6,9,15H,7-8,10H2,(H,20,22)(H,23,24). The third kappa shape index (κ3) is 3.26. The highest BCUT2D eigenvalue weighted by atomic mass is 19.1. The van der Waals surface area contributed by atoms with Crippen molar-refractivity contribution in [1.29, 1.82) is 0 Å². The number of benzene rings is 1. The van der Waals surface area contributed by atoms with Gasteiger partial charge in [-0.15, -0.1) is 0 Å². The van der Waals surface area contributed by atoms with E-state index in [0.29, 0.717) is 24.3 Å². The van der Waals surface area contributed by atoms with Crippen molar-refractivity contribution in [2.24, 2.45) is 0 Å². The van der Waals surface area contributed by atoms with E-state index in [1.54, 1.807) is 18.2 Å². The second-order valence-corrected chi connectivity index (χ2v) is 5.52. The van der Waals surface area contributed by atoms with Gasteiger partial charge in [-0.2, -0.15) is 0 Å². The molecule has 1 amide bonds. The number of hydrogen-bond donors (Lipinski definition) is 2. The predicted octanol–water partition coefficient (Wildman–Crippen LogP) is 1.59. The van der Waals surface area contributed by atoms with Gasteiger partial charge in [-0.25, -0.2) is 9.18 Å². The van der Waals surface area contributed by atoms with E-state index in [4.69, 9.17) is 0 Å². The minimum atomic E-state index is -1.07. The van der Waals surface area contributed by atoms with E-state index in [0.717, 1.165) is 0 Å². The van der Waals surface area contributed by atoms with Crippen molar-refractivity contribution in [3.05, 3.63) is 65.2 Å². The quantitative estimate of drug-likeness (QED) is 0.890. The largest absolute Gasteiger partial charge is 0.478 e. The minimum Gasteiger partial charge on any atom is -0.478 e. The molecule has 3 rings (SSSR count). The van der Waals surface area contributed by atoms with Gasteiger partial charge in [-0.1, -0.05) is 12.1 Å². The van der Waals surface area contributed by atoms with Crippen molar-refractivity contribution in [2.45, 2.75) is 12.6 Å². The number of rotatable bonds is 4. The summed E-state index contributed by atoms with van der Waals surface area (Å²) in [7, 11) is 0. The van der Waals surface area contributed by atoms with Crippen LogP contribution in [0.1, 0.15) is 27.7 Å². The Labute approximate surface area is 137 Å². The van der Waals surface area contributed by atoms with Crippen molar-refractivity contribution in [3.63, 3.8) is 0 Å². The zero-order valence-electron chi connectivity index (χ0n) is 12.8. The molecule has 1 aliphatic heterocycles. The van der Waals surface area contributed by atoms with E-state index in [2.05, 4.69) is 10.3 Å². The molecule has 1 unspecified atom stereocenters. The number of piperazine rings is 1. The molecule has 0 saturated carbocycles. The van der Waals surface area contributed by atoms with Gasteiger partial charge < -0.3 is 10.4 Å². The summed E-state index contributed by atoms with van der Waals surface area (Å²) < 4.78 is 13.5. The first-order valence-electron chi connectivity index (χ1n) is 7.50. The average Bonchev–Trinajstić information content (AvgIpc) is 2.55. The fourth-order valence-electron chi connectivity index (χ4n) is 2.87. The Balaban J connectivity index is 1.93. The summed E-state index contributed by atoms with van der Waals surface area (Å²) in [6.07, 6.45) is 1.52. The molecule has 0 radical (unpaired) electrons. The summed E-state index contributed by atoms with van der Waals surface area (Å²) in [5, 5.41) is 12.0. The van der Waals surface area contributed by atoms with Crippen LogP contribution in [-0.4, -0.2) is 40.0 Å². The molecule has 1 aromatic heterocycles. The van der Waals surface area contributed by atoms with Crippen LogP contribution in [0, 0.1) is 5.82 Å². The second-order valence-electron chi connectivity index (χ2n) is 5.52. The van der Waals surface area contributed by atoms with Gasteiger partial charge >= 0.3 is 5.97 Å². The number of pyridine rings is 1. The van der Waals surface area contributed by atoms with E-state index < -0.39 is 17.8 Å². The van der Waals surface area contributed by atoms with Gasteiger partial charge in [-0.05, 0) is 29.8 Å². The van der Waals surface area contributed by atoms with Crippen molar-refractivity contribution in [2.75, 3.05) is 13.1 Å². The lowest BCUT2D eigenvalue weighted by Gasteiger charge is -2.35. The fourth-order valence-corrected chi connectivity index (χ4v) is 2.87. The first-order valence-corrected chi connectivity index (χ1v) is 7.50. The minimum absolute atomic E-state index is 0.0986. The lowest BCUT2D eigenvalue weighted by atomic mass is 10.0. The van der Waals surface area contributed by atoms with Gasteiger partial charge in [0.1, 0.15) is 11.9 Å². The predicted molar refractivity (Wildman–Crippen MR) is 83.8 cm³/mol. The van der Waals surface area contributed by atoms with Crippen LogP contribution < -0.4 is 5.32 Å². The van der Waals surface area contributed by atoms with Gasteiger partial charge in [0.15, 0.2) is 0 Å². The molecular formula is C17H16FN3O3. The van der Waals surface area contributed by atoms with E-state index in [1.165, 1.54) is 24.4 Å². The van der Waals surface area contributed by atoms with Crippen LogP contribution in [0.15, 0.2) is 42.6 Å². The van der Waals surface area contributed by atoms with Gasteiger partial charge in [0.2, 0.25) is 5.91 Å². The third-order valence-corrected chi connectivity index (χ3v) is 3.95. The first kappa shape index (κ1) is 16.1. The van der Waals surface area contributed by atoms with E-state index in [1.807, 2.05) is 4.90 Å². The van der Waals surface area contributed by atoms with Gasteiger partial charge in [0.05, 0.1) is 11.3 Å². The van der Waals surface area contributed by atoms with Crippen molar-refractivity contribution in [3.8, 4) is 0 Å². The number of nitrogens with one attached hydrogen (secondary N) is 1. The Kier molecular flexibility index (Phi) is 4.52. The summed E-state index contributed by atoms with van der Waals surface area (Å²) in [6, 6.07) is 8.22. The Hall–Kier alpha value is -2.80. The Morgan fingerprint density at radius 3 is 2.96 bits per heavy atom. The summed E-state index contributed by atoms with van der Waals surface area (Å²) in [6.45, 7) is 1.15. The van der Waals surface area contributed by atoms with Crippen molar-refractivity contribution in [1.82, 2.24) is 15.2 Å². The number of carbonyl (C=O) groups is 2. The number of amides is 1. The van der Waals surface area contributed by atoms with Crippen LogP contribution in [0.4, 0.5) is 4.39 Å². The monoisotopic (exact) mass is 329 g/mol. The number of hydrogen-bond acceptors (Lipinski definition) is 4. The SMILES string of the molecule is O=C(O)c1cccnc1CN1CCNC(=O)C1c1cccc(F)c1. The normalized spacial score (nSPS) is 18.2. The van der Waals surface area contributed by atoms with E-state index in [9.17, 15) is 19.1 Å². The zero-order chi connectivity index (χ0) is 17.1. The first-order chi connectivity index (χ1) is 11.6. The van der Waals surface area contributed by atoms with Crippen LogP contribution in [0.3, 0.4) is 0 Å². The van der Waals surface area contributed by atoms with Gasteiger partial charge in [0.25, 0.3) is 0 Å². The van der Waals surface area contributed by atoms with Gasteiger partial charge in [0, 0.05) is 25.8 Å². The summed E-state index contributed by atoms with van der Waals surface area (Å²) in [4.78, 5) is 29.6. The third-order valence-electron chi connectivity index (χ3n) is 3.95. The zero-order valence-corrected chi connectivity index (χ0v) is 12.8. The molecule has 1 aliphatic rings. The van der Waals surface area contributed by atoms with Crippen LogP contribution in [-0.2, 0) is 11.3 Å². The number of carbonyl (C=O) groups excluding carboxylic acids is 1. The molecule has 124 valence electrons. The molecule has 6 nitrogen and oxygen atoms in total. The summed E-state index contributed by atoms with van der Waals surface area (Å²) in [5.41, 5.74) is 1.00. The van der Waals surface area contributed by atoms with Crippen molar-refractivity contribution >= 4 is 11.9 Å². The topological polar surface area (TPSA) is 82.5 Å². The smallest absolute Gasteiger partial charge is 0.337 e. The number of aromatic carboxylic acids is 1. The number of aromatic nitrogens is 1. The number of carboxylic acid groups (broad SMARTS) is 1. The molecule has 0 bridgehead atoms. The van der Waals surface area contributed by atoms with E-state index in [-0.39, 0.29) is 18.0 Å². The maximum Gasteiger partial charge on any atom is 0.337 e. The molecule has 24 heavy (non-hydrogen) atoms. The highest BCUT2D eigenvalue weighted by Crippen LogP contribution is 2.26. The molecule has 0 spiro atoms. The maximum atomic E-state index is 13.5. The van der Waals surface area contributed by atoms with Crippen LogP contribution in [0.5, 0.6) is 0 Å². The number of nitrogens with zero attached hydrogens (tertiary/aromatic N) is 2. The summed E-state index contributed by atoms with van der Waals surface area (Å²) >= 11 is 0. The molecule has 0 aliphatic carbocycles. The van der Waals surface area contributed by atoms with Crippen LogP contribution in [0.25, 0.3) is 0 Å². The molecule has 1 fully saturated rings. The van der Waals surface area contributed by atoms with Gasteiger partial charge in [-0.3, -0.25) is 14.7 Å². The molecule has 2 heterocycles. The lowest BCUT2D eigenvalue weighted by Crippen LogP contribution is -2.49. The summed E-state index contributed by atoms with van der Waals surface area (Å²) in [5.74, 6) is -1.73. The van der Waals surface area contributed by atoms with Crippen LogP contribution >= 0.6 is 0 Å². The molecular weight excluding hydrogens is 313 g/mol. The van der Waals surface area contributed by atoms with Crippen LogP contribution in [0.2, 0.25) is 0 Å². The highest BCUT2D eigenvalue weighted by molar-refractivity contribution is 5.88.